The monoisotopic (exact) mass is 467 g/mol. The van der Waals surface area contributed by atoms with Crippen LogP contribution in [0.25, 0.3) is 0 Å². The molecule has 0 aliphatic heterocycles. The van der Waals surface area contributed by atoms with Crippen LogP contribution >= 0.6 is 0 Å². The molecule has 0 aliphatic carbocycles. The summed E-state index contributed by atoms with van der Waals surface area (Å²) in [6.07, 6.45) is 23.0. The Morgan fingerprint density at radius 1 is 0.667 bits per heavy atom. The van der Waals surface area contributed by atoms with Crippen molar-refractivity contribution < 1.29 is 14.4 Å². The highest BCUT2D eigenvalue weighted by molar-refractivity contribution is 5.84. The molecule has 0 fully saturated rings. The number of primary amides is 1. The van der Waals surface area contributed by atoms with Gasteiger partial charge in [-0.05, 0) is 19.3 Å². The molecule has 0 saturated heterocycles. The van der Waals surface area contributed by atoms with Gasteiger partial charge in [-0.15, -0.1) is 0 Å². The second-order valence-corrected chi connectivity index (χ2v) is 9.63. The lowest BCUT2D eigenvalue weighted by atomic mass is 10.0. The van der Waals surface area contributed by atoms with Crippen molar-refractivity contribution in [2.45, 2.75) is 136 Å². The highest BCUT2D eigenvalue weighted by Crippen LogP contribution is 2.13. The molecule has 0 unspecified atom stereocenters. The first-order valence-corrected chi connectivity index (χ1v) is 13.8. The van der Waals surface area contributed by atoms with Crippen molar-refractivity contribution in [3.8, 4) is 0 Å². The molecule has 0 aliphatic rings. The van der Waals surface area contributed by atoms with Crippen molar-refractivity contribution in [2.75, 3.05) is 13.1 Å². The van der Waals surface area contributed by atoms with E-state index in [9.17, 15) is 14.4 Å². The van der Waals surface area contributed by atoms with Gasteiger partial charge in [0.25, 0.3) is 0 Å². The Morgan fingerprint density at radius 2 is 1.15 bits per heavy atom. The van der Waals surface area contributed by atoms with Gasteiger partial charge in [0.05, 0.1) is 6.54 Å². The zero-order valence-electron chi connectivity index (χ0n) is 21.7. The predicted molar refractivity (Wildman–Crippen MR) is 138 cm³/mol. The smallest absolute Gasteiger partial charge is 0.236 e. The number of unbranched alkanes of at least 4 members (excludes halogenated alkanes) is 15. The van der Waals surface area contributed by atoms with Gasteiger partial charge in [-0.25, -0.2) is 0 Å². The highest BCUT2D eigenvalue weighted by Gasteiger charge is 2.12. The summed E-state index contributed by atoms with van der Waals surface area (Å²) in [5.41, 5.74) is 5.02. The summed E-state index contributed by atoms with van der Waals surface area (Å²) >= 11 is 0. The number of rotatable bonds is 24. The van der Waals surface area contributed by atoms with Crippen molar-refractivity contribution in [1.82, 2.24) is 10.6 Å². The Kier molecular flexibility index (Phi) is 22.4. The highest BCUT2D eigenvalue weighted by atomic mass is 16.2. The van der Waals surface area contributed by atoms with Gasteiger partial charge in [0.1, 0.15) is 0 Å². The fourth-order valence-electron chi connectivity index (χ4n) is 4.03. The third kappa shape index (κ3) is 23.4. The number of nitrogens with one attached hydrogen (secondary N) is 2. The fraction of sp³-hybridized carbons (Fsp3) is 0.889. The van der Waals surface area contributed by atoms with E-state index in [1.807, 2.05) is 6.92 Å². The minimum Gasteiger partial charge on any atom is -0.368 e. The van der Waals surface area contributed by atoms with Crippen LogP contribution in [0.1, 0.15) is 136 Å². The SMILES string of the molecule is CCCCCCCCCCCCCCCCCC(=O)NCCCC[C@H](C)C(=O)NCC(N)=O. The first-order chi connectivity index (χ1) is 16.0. The molecule has 194 valence electrons. The van der Waals surface area contributed by atoms with E-state index in [1.54, 1.807) is 0 Å². The molecule has 0 spiro atoms. The molecule has 0 aromatic rings. The van der Waals surface area contributed by atoms with Crippen molar-refractivity contribution in [3.63, 3.8) is 0 Å². The van der Waals surface area contributed by atoms with Crippen molar-refractivity contribution in [1.29, 1.82) is 0 Å². The van der Waals surface area contributed by atoms with Gasteiger partial charge in [0.2, 0.25) is 17.7 Å². The lowest BCUT2D eigenvalue weighted by molar-refractivity contribution is -0.127. The van der Waals surface area contributed by atoms with Crippen LogP contribution < -0.4 is 16.4 Å². The molecule has 4 N–H and O–H groups in total. The van der Waals surface area contributed by atoms with Crippen LogP contribution in [0.15, 0.2) is 0 Å². The molecule has 0 rings (SSSR count). The van der Waals surface area contributed by atoms with E-state index in [0.29, 0.717) is 13.0 Å². The topological polar surface area (TPSA) is 101 Å². The lowest BCUT2D eigenvalue weighted by Gasteiger charge is -2.11. The molecule has 6 heteroatoms. The standard InChI is InChI=1S/C27H53N3O3/c1-3-4-5-6-7-8-9-10-11-12-13-14-15-16-17-21-26(32)29-22-19-18-20-24(2)27(33)30-23-25(28)31/h24H,3-23H2,1-2H3,(H2,28,31)(H,29,32)(H,30,33)/t24-/m0/s1. The van der Waals surface area contributed by atoms with Crippen LogP contribution in [-0.4, -0.2) is 30.8 Å². The van der Waals surface area contributed by atoms with Crippen LogP contribution in [0.4, 0.5) is 0 Å². The van der Waals surface area contributed by atoms with E-state index < -0.39 is 5.91 Å². The van der Waals surface area contributed by atoms with Crippen LogP contribution in [0, 0.1) is 5.92 Å². The number of carbonyl (C=O) groups is 3. The van der Waals surface area contributed by atoms with Crippen LogP contribution in [0.5, 0.6) is 0 Å². The second kappa shape index (κ2) is 23.6. The molecule has 3 amide bonds. The number of hydrogen-bond acceptors (Lipinski definition) is 3. The van der Waals surface area contributed by atoms with Gasteiger partial charge in [-0.1, -0.05) is 110 Å². The maximum atomic E-state index is 11.9. The number of hydrogen-bond donors (Lipinski definition) is 3. The second-order valence-electron chi connectivity index (χ2n) is 9.63. The number of nitrogens with two attached hydrogens (primary N) is 1. The van der Waals surface area contributed by atoms with E-state index in [4.69, 9.17) is 5.73 Å². The molecular formula is C27H53N3O3. The summed E-state index contributed by atoms with van der Waals surface area (Å²) in [4.78, 5) is 34.3. The van der Waals surface area contributed by atoms with Gasteiger partial charge in [-0.2, -0.15) is 0 Å². The molecule has 6 nitrogen and oxygen atoms in total. The molecule has 0 saturated carbocycles. The molecule has 0 aromatic carbocycles. The molecule has 0 radical (unpaired) electrons. The zero-order valence-corrected chi connectivity index (χ0v) is 21.7. The van der Waals surface area contributed by atoms with Gasteiger partial charge in [-0.3, -0.25) is 14.4 Å². The first kappa shape index (κ1) is 31.4. The lowest BCUT2D eigenvalue weighted by Crippen LogP contribution is -2.36. The molecule has 33 heavy (non-hydrogen) atoms. The van der Waals surface area contributed by atoms with E-state index in [-0.39, 0.29) is 24.3 Å². The molecule has 1 atom stereocenters. The Hall–Kier alpha value is -1.59. The largest absolute Gasteiger partial charge is 0.368 e. The molecular weight excluding hydrogens is 414 g/mol. The summed E-state index contributed by atoms with van der Waals surface area (Å²) in [6.45, 7) is 4.66. The van der Waals surface area contributed by atoms with E-state index in [0.717, 1.165) is 32.1 Å². The summed E-state index contributed by atoms with van der Waals surface area (Å²) in [5, 5.41) is 5.49. The normalized spacial score (nSPS) is 11.8. The fourth-order valence-corrected chi connectivity index (χ4v) is 4.03. The maximum Gasteiger partial charge on any atom is 0.236 e. The molecule has 0 aromatic heterocycles. The third-order valence-electron chi connectivity index (χ3n) is 6.28. The first-order valence-electron chi connectivity index (χ1n) is 13.8. The Bertz CT molecular complexity index is 497. The van der Waals surface area contributed by atoms with Crippen LogP contribution in [-0.2, 0) is 14.4 Å². The summed E-state index contributed by atoms with van der Waals surface area (Å²) in [6, 6.07) is 0. The van der Waals surface area contributed by atoms with E-state index in [2.05, 4.69) is 17.6 Å². The van der Waals surface area contributed by atoms with Crippen molar-refractivity contribution in [3.05, 3.63) is 0 Å². The number of carbonyl (C=O) groups excluding carboxylic acids is 3. The quantitative estimate of drug-likeness (QED) is 0.157. The minimum atomic E-state index is -0.535. The Labute approximate surface area is 203 Å². The molecule has 0 heterocycles. The predicted octanol–water partition coefficient (Wildman–Crippen LogP) is 5.77. The average Bonchev–Trinajstić information content (AvgIpc) is 2.79. The van der Waals surface area contributed by atoms with Gasteiger partial charge in [0, 0.05) is 18.9 Å². The van der Waals surface area contributed by atoms with Crippen molar-refractivity contribution in [2.24, 2.45) is 11.7 Å². The number of amides is 3. The third-order valence-corrected chi connectivity index (χ3v) is 6.28. The minimum absolute atomic E-state index is 0.113. The van der Waals surface area contributed by atoms with E-state index >= 15 is 0 Å². The summed E-state index contributed by atoms with van der Waals surface area (Å²) < 4.78 is 0. The van der Waals surface area contributed by atoms with Crippen molar-refractivity contribution >= 4 is 17.7 Å². The Balaban J connectivity index is 3.33. The van der Waals surface area contributed by atoms with Gasteiger partial charge >= 0.3 is 0 Å². The Morgan fingerprint density at radius 3 is 1.64 bits per heavy atom. The summed E-state index contributed by atoms with van der Waals surface area (Å²) in [5.74, 6) is -0.698. The van der Waals surface area contributed by atoms with Crippen LogP contribution in [0.2, 0.25) is 0 Å². The van der Waals surface area contributed by atoms with E-state index in [1.165, 1.54) is 83.5 Å². The van der Waals surface area contributed by atoms with Gasteiger partial charge in [0.15, 0.2) is 0 Å². The maximum absolute atomic E-state index is 11.9. The van der Waals surface area contributed by atoms with Crippen LogP contribution in [0.3, 0.4) is 0 Å². The zero-order chi connectivity index (χ0) is 24.6. The molecule has 0 bridgehead atoms. The average molecular weight is 468 g/mol. The van der Waals surface area contributed by atoms with Gasteiger partial charge < -0.3 is 16.4 Å². The summed E-state index contributed by atoms with van der Waals surface area (Å²) in [7, 11) is 0.